The van der Waals surface area contributed by atoms with Crippen LogP contribution in [0.15, 0.2) is 73.2 Å². The SMILES string of the molecule is CC(C)C[C@H](NC(=O)[C@H](Cc1cnc[nH]1)NC(=O)[C@H](Cc1cccc2ccccc12)NC(=O)c1cc(N)ccc1[N+](=O)[O-])[C@@H](O)CC(=O)N[C@@H](CCCCN)C(=O)O. The monoisotopic (exact) mass is 801 g/mol. The highest BCUT2D eigenvalue weighted by Gasteiger charge is 2.33. The summed E-state index contributed by atoms with van der Waals surface area (Å²) in [7, 11) is 0. The summed E-state index contributed by atoms with van der Waals surface area (Å²) in [5, 5.41) is 44.9. The van der Waals surface area contributed by atoms with Crippen molar-refractivity contribution in [2.24, 2.45) is 11.7 Å². The molecule has 0 aliphatic rings. The molecule has 18 nitrogen and oxygen atoms in total. The number of carboxylic acids is 1. The van der Waals surface area contributed by atoms with E-state index in [-0.39, 0.29) is 42.9 Å². The van der Waals surface area contributed by atoms with Gasteiger partial charge in [0.15, 0.2) is 0 Å². The van der Waals surface area contributed by atoms with Gasteiger partial charge in [0.05, 0.1) is 29.8 Å². The van der Waals surface area contributed by atoms with Crippen LogP contribution in [-0.2, 0) is 32.0 Å². The minimum atomic E-state index is -1.44. The number of carbonyl (C=O) groups excluding carboxylic acids is 4. The van der Waals surface area contributed by atoms with Gasteiger partial charge in [-0.1, -0.05) is 56.3 Å². The first-order chi connectivity index (χ1) is 27.7. The van der Waals surface area contributed by atoms with Crippen LogP contribution in [0.5, 0.6) is 0 Å². The molecule has 0 aliphatic carbocycles. The van der Waals surface area contributed by atoms with Crippen LogP contribution < -0.4 is 32.7 Å². The average molecular weight is 802 g/mol. The van der Waals surface area contributed by atoms with E-state index in [4.69, 9.17) is 11.5 Å². The van der Waals surface area contributed by atoms with E-state index in [0.29, 0.717) is 30.6 Å². The highest BCUT2D eigenvalue weighted by Crippen LogP contribution is 2.23. The topological polar surface area (TPSA) is 298 Å². The number of nitrogens with one attached hydrogen (secondary N) is 5. The number of aliphatic carboxylic acids is 1. The Morgan fingerprint density at radius 3 is 2.28 bits per heavy atom. The van der Waals surface area contributed by atoms with E-state index in [9.17, 15) is 44.3 Å². The Morgan fingerprint density at radius 1 is 0.897 bits per heavy atom. The number of nitrogen functional groups attached to an aromatic ring is 1. The number of H-pyrrole nitrogens is 1. The molecule has 0 aliphatic heterocycles. The Bertz CT molecular complexity index is 2050. The number of anilines is 1. The second kappa shape index (κ2) is 21.2. The first-order valence-corrected chi connectivity index (χ1v) is 19.0. The van der Waals surface area contributed by atoms with E-state index in [1.165, 1.54) is 18.6 Å². The lowest BCUT2D eigenvalue weighted by molar-refractivity contribution is -0.385. The molecular weight excluding hydrogens is 750 g/mol. The van der Waals surface area contributed by atoms with E-state index in [2.05, 4.69) is 31.2 Å². The zero-order valence-corrected chi connectivity index (χ0v) is 32.4. The van der Waals surface area contributed by atoms with Crippen molar-refractivity contribution in [3.05, 3.63) is 100 Å². The van der Waals surface area contributed by atoms with Crippen molar-refractivity contribution in [2.45, 2.75) is 89.1 Å². The summed E-state index contributed by atoms with van der Waals surface area (Å²) in [5.41, 5.74) is 11.7. The number of hydrogen-bond acceptors (Lipinski definition) is 11. The predicted octanol–water partition coefficient (Wildman–Crippen LogP) is 2.10. The van der Waals surface area contributed by atoms with Gasteiger partial charge in [-0.15, -0.1) is 0 Å². The van der Waals surface area contributed by atoms with Gasteiger partial charge in [-0.05, 0) is 66.6 Å². The largest absolute Gasteiger partial charge is 0.480 e. The normalized spacial score (nSPS) is 13.8. The van der Waals surface area contributed by atoms with Crippen molar-refractivity contribution < 1.29 is 39.1 Å². The fraction of sp³-hybridized carbons (Fsp3) is 0.400. The number of carbonyl (C=O) groups is 5. The third-order valence-electron chi connectivity index (χ3n) is 9.49. The van der Waals surface area contributed by atoms with Crippen LogP contribution in [0.1, 0.15) is 67.6 Å². The van der Waals surface area contributed by atoms with Crippen LogP contribution in [0.2, 0.25) is 0 Å². The van der Waals surface area contributed by atoms with E-state index < -0.39 is 76.9 Å². The Morgan fingerprint density at radius 2 is 1.60 bits per heavy atom. The van der Waals surface area contributed by atoms with Crippen molar-refractivity contribution in [2.75, 3.05) is 12.3 Å². The second-order valence-electron chi connectivity index (χ2n) is 14.5. The lowest BCUT2D eigenvalue weighted by atomic mass is 9.96. The Hall–Kier alpha value is -6.40. The number of nitro benzene ring substituents is 1. The van der Waals surface area contributed by atoms with Crippen LogP contribution in [0, 0.1) is 16.0 Å². The molecule has 1 heterocycles. The van der Waals surface area contributed by atoms with Crippen LogP contribution in [0.25, 0.3) is 10.8 Å². The molecule has 58 heavy (non-hydrogen) atoms. The van der Waals surface area contributed by atoms with Crippen LogP contribution >= 0.6 is 0 Å². The van der Waals surface area contributed by atoms with Gasteiger partial charge in [-0.25, -0.2) is 9.78 Å². The lowest BCUT2D eigenvalue weighted by Gasteiger charge is -2.29. The standard InChI is InChI=1S/C40H51N9O9/c1-23(2)16-31(35(50)20-36(51)45-30(40(55)56)12-5-6-15-41)46-39(54)33(19-27-21-43-22-44-27)48-38(53)32(17-25-10-7-9-24-8-3-4-11-28(24)25)47-37(52)29-18-26(42)13-14-34(29)49(57)58/h3-4,7-11,13-14,18,21-23,30-33,35,50H,5-6,12,15-17,19-20,41-42H2,1-2H3,(H,43,44)(H,45,51)(H,46,54)(H,47,52)(H,48,53)(H,55,56)/t30-,31-,32-,33-,35-/m0/s1. The van der Waals surface area contributed by atoms with Crippen molar-refractivity contribution >= 4 is 51.7 Å². The van der Waals surface area contributed by atoms with Gasteiger partial charge >= 0.3 is 5.97 Å². The van der Waals surface area contributed by atoms with Gasteiger partial charge in [0.2, 0.25) is 17.7 Å². The molecule has 18 heteroatoms. The quantitative estimate of drug-likeness (QED) is 0.0239. The Labute approximate surface area is 334 Å². The molecule has 4 aromatic rings. The van der Waals surface area contributed by atoms with Gasteiger partial charge < -0.3 is 47.9 Å². The van der Waals surface area contributed by atoms with E-state index >= 15 is 0 Å². The van der Waals surface area contributed by atoms with Crippen LogP contribution in [0.4, 0.5) is 11.4 Å². The molecule has 3 aromatic carbocycles. The summed E-state index contributed by atoms with van der Waals surface area (Å²) in [4.78, 5) is 84.8. The number of unbranched alkanes of at least 4 members (excludes halogenated alkanes) is 1. The van der Waals surface area contributed by atoms with Gasteiger partial charge in [-0.2, -0.15) is 0 Å². The van der Waals surface area contributed by atoms with E-state index in [1.54, 1.807) is 12.1 Å². The maximum atomic E-state index is 14.3. The fourth-order valence-corrected chi connectivity index (χ4v) is 6.57. The molecule has 0 saturated heterocycles. The molecule has 4 amide bonds. The molecule has 0 spiro atoms. The lowest BCUT2D eigenvalue weighted by Crippen LogP contribution is -2.57. The second-order valence-corrected chi connectivity index (χ2v) is 14.5. The van der Waals surface area contributed by atoms with Gasteiger partial charge in [0, 0.05) is 36.5 Å². The molecule has 11 N–H and O–H groups in total. The number of aliphatic hydroxyl groups is 1. The summed E-state index contributed by atoms with van der Waals surface area (Å²) in [6.45, 7) is 4.06. The number of hydrogen-bond donors (Lipinski definition) is 9. The van der Waals surface area contributed by atoms with Crippen molar-refractivity contribution in [1.82, 2.24) is 31.2 Å². The molecule has 310 valence electrons. The molecule has 0 fully saturated rings. The highest BCUT2D eigenvalue weighted by atomic mass is 16.6. The van der Waals surface area contributed by atoms with Crippen LogP contribution in [0.3, 0.4) is 0 Å². The number of nitrogens with two attached hydrogens (primary N) is 2. The number of imidazole rings is 1. The number of nitrogens with zero attached hydrogens (tertiary/aromatic N) is 2. The summed E-state index contributed by atoms with van der Waals surface area (Å²) < 4.78 is 0. The average Bonchev–Trinajstić information content (AvgIpc) is 3.69. The summed E-state index contributed by atoms with van der Waals surface area (Å²) in [6, 6.07) is 11.5. The zero-order chi connectivity index (χ0) is 42.4. The number of nitro groups is 1. The van der Waals surface area contributed by atoms with Crippen LogP contribution in [-0.4, -0.2) is 91.5 Å². The Kier molecular flexibility index (Phi) is 16.2. The number of amides is 4. The number of rotatable bonds is 22. The number of aliphatic hydroxyl groups excluding tert-OH is 1. The highest BCUT2D eigenvalue weighted by molar-refractivity contribution is 6.02. The minimum Gasteiger partial charge on any atom is -0.480 e. The fourth-order valence-electron chi connectivity index (χ4n) is 6.57. The molecular formula is C40H51N9O9. The first-order valence-electron chi connectivity index (χ1n) is 19.0. The maximum absolute atomic E-state index is 14.3. The van der Waals surface area contributed by atoms with E-state index in [0.717, 1.165) is 22.9 Å². The smallest absolute Gasteiger partial charge is 0.326 e. The number of aromatic amines is 1. The van der Waals surface area contributed by atoms with Gasteiger partial charge in [0.25, 0.3) is 11.6 Å². The molecule has 5 atom stereocenters. The number of aromatic nitrogens is 2. The van der Waals surface area contributed by atoms with E-state index in [1.807, 2.05) is 44.2 Å². The van der Waals surface area contributed by atoms with Gasteiger partial charge in [-0.3, -0.25) is 29.3 Å². The summed E-state index contributed by atoms with van der Waals surface area (Å²) in [6.07, 6.45) is 2.09. The molecule has 0 unspecified atom stereocenters. The molecule has 0 saturated carbocycles. The predicted molar refractivity (Wildman–Crippen MR) is 215 cm³/mol. The van der Waals surface area contributed by atoms with Crippen molar-refractivity contribution in [1.29, 1.82) is 0 Å². The Balaban J connectivity index is 1.61. The summed E-state index contributed by atoms with van der Waals surface area (Å²) in [5.74, 6) is -4.53. The zero-order valence-electron chi connectivity index (χ0n) is 32.4. The van der Waals surface area contributed by atoms with Crippen molar-refractivity contribution in [3.63, 3.8) is 0 Å². The minimum absolute atomic E-state index is 0.0805. The number of fused-ring (bicyclic) bond motifs is 1. The van der Waals surface area contributed by atoms with Gasteiger partial charge in [0.1, 0.15) is 23.7 Å². The molecule has 1 aromatic heterocycles. The first kappa shape index (κ1) is 44.3. The third kappa shape index (κ3) is 12.8. The molecule has 0 bridgehead atoms. The molecule has 0 radical (unpaired) electrons. The number of carboxylic acid groups (broad SMARTS) is 1. The number of benzene rings is 3. The summed E-state index contributed by atoms with van der Waals surface area (Å²) >= 11 is 0. The maximum Gasteiger partial charge on any atom is 0.326 e. The third-order valence-corrected chi connectivity index (χ3v) is 9.49. The van der Waals surface area contributed by atoms with Crippen molar-refractivity contribution in [3.8, 4) is 0 Å². The molecule has 4 rings (SSSR count).